The minimum absolute atomic E-state index is 0. The minimum Gasteiger partial charge on any atom is -0.824 e. The van der Waals surface area contributed by atoms with E-state index in [1.54, 1.807) is 0 Å². The van der Waals surface area contributed by atoms with Gasteiger partial charge >= 0.3 is 21.1 Å². The van der Waals surface area contributed by atoms with Crippen molar-refractivity contribution < 1.29 is 40.6 Å². The number of unbranched alkanes of at least 4 members (excludes halogenated alkanes) is 28. The molecule has 0 N–H and O–H groups in total. The first-order valence-electron chi connectivity index (χ1n) is 25.6. The van der Waals surface area contributed by atoms with E-state index in [-0.39, 0.29) is 21.1 Å². The van der Waals surface area contributed by atoms with Crippen LogP contribution < -0.4 is 19.6 Å². The maximum absolute atomic E-state index is 11.8. The maximum atomic E-state index is 11.8. The molecule has 0 aliphatic carbocycles. The Morgan fingerprint density at radius 3 is 0.810 bits per heavy atom. The number of benzene rings is 2. The SMILES string of the molecule is CCCCCCCCCCc1cccc(SP([O-])([O-])=S)c1CCCCCCCCCC.CCCCCCCCCCc1cccc(SP([O-])([O-])=S)c1CCCCCCCCCC.[Mo+4]. The first-order chi connectivity index (χ1) is 30.0. The van der Waals surface area contributed by atoms with Gasteiger partial charge in [-0.05, 0) is 85.8 Å². The number of aryl methyl sites for hydroxylation is 2. The summed E-state index contributed by atoms with van der Waals surface area (Å²) in [6.07, 6.45) is 45.7. The Labute approximate surface area is 422 Å². The summed E-state index contributed by atoms with van der Waals surface area (Å²) < 4.78 is 0. The van der Waals surface area contributed by atoms with E-state index in [0.29, 0.717) is 0 Å². The zero-order chi connectivity index (χ0) is 45.6. The van der Waals surface area contributed by atoms with Gasteiger partial charge in [0.2, 0.25) is 0 Å². The van der Waals surface area contributed by atoms with E-state index in [2.05, 4.69) is 39.8 Å². The van der Waals surface area contributed by atoms with E-state index in [1.165, 1.54) is 215 Å². The Morgan fingerprint density at radius 2 is 0.571 bits per heavy atom. The molecule has 0 bridgehead atoms. The van der Waals surface area contributed by atoms with Crippen molar-refractivity contribution in [1.29, 1.82) is 0 Å². The van der Waals surface area contributed by atoms with E-state index in [0.717, 1.165) is 71.1 Å². The van der Waals surface area contributed by atoms with Crippen LogP contribution in [0, 0.1) is 0 Å². The second-order valence-electron chi connectivity index (χ2n) is 17.8. The molecule has 63 heavy (non-hydrogen) atoms. The van der Waals surface area contributed by atoms with Crippen molar-refractivity contribution in [1.82, 2.24) is 0 Å². The Balaban J connectivity index is 0.00000120. The predicted octanol–water partition coefficient (Wildman–Crippen LogP) is 16.2. The molecule has 0 aliphatic rings. The molecular formula is C52H90MoO4P2S4. The smallest absolute Gasteiger partial charge is 0.824 e. The van der Waals surface area contributed by atoms with Crippen molar-refractivity contribution in [3.63, 3.8) is 0 Å². The monoisotopic (exact) mass is 1070 g/mol. The molecule has 0 aliphatic heterocycles. The molecule has 362 valence electrons. The summed E-state index contributed by atoms with van der Waals surface area (Å²) in [5.41, 5.74) is -2.44. The summed E-state index contributed by atoms with van der Waals surface area (Å²) in [4.78, 5) is 48.9. The van der Waals surface area contributed by atoms with Crippen molar-refractivity contribution in [2.45, 2.75) is 269 Å². The van der Waals surface area contributed by atoms with Gasteiger partial charge in [-0.25, -0.2) is 0 Å². The summed E-state index contributed by atoms with van der Waals surface area (Å²) in [7, 11) is 0. The van der Waals surface area contributed by atoms with Gasteiger partial charge in [0.25, 0.3) is 0 Å². The Hall–Kier alpha value is 0.968. The summed E-state index contributed by atoms with van der Waals surface area (Å²) in [6.45, 7) is 9.03. The molecule has 0 fully saturated rings. The third kappa shape index (κ3) is 37.5. The fourth-order valence-electron chi connectivity index (χ4n) is 8.44. The van der Waals surface area contributed by atoms with Gasteiger partial charge in [0.1, 0.15) is 0 Å². The summed E-state index contributed by atoms with van der Waals surface area (Å²) in [5.74, 6) is 0. The van der Waals surface area contributed by atoms with Crippen LogP contribution in [0.4, 0.5) is 0 Å². The standard InChI is InChI=1S/2C26H47O2PS2.Mo/c2*1-3-5-7-9-11-13-15-17-20-24-21-19-23-26(31-29(27,28)30)25(24)22-18-16-14-12-10-8-6-4-2;/h2*19,21,23H,3-18,20,22H2,1-2H3,(H2,27,28,30);/q;;+4/p-4. The van der Waals surface area contributed by atoms with Crippen molar-refractivity contribution in [3.05, 3.63) is 58.7 Å². The Morgan fingerprint density at radius 1 is 0.349 bits per heavy atom. The second-order valence-corrected chi connectivity index (χ2v) is 29.0. The number of hydrogen-bond acceptors (Lipinski definition) is 8. The Kier molecular flexibility index (Phi) is 43.7. The molecule has 11 heteroatoms. The fourth-order valence-corrected chi connectivity index (χ4v) is 13.8. The molecule has 0 atom stereocenters. The predicted molar refractivity (Wildman–Crippen MR) is 278 cm³/mol. The average molecular weight is 1070 g/mol. The normalized spacial score (nSPS) is 11.7. The van der Waals surface area contributed by atoms with Crippen LogP contribution in [0.15, 0.2) is 46.2 Å². The van der Waals surface area contributed by atoms with Crippen molar-refractivity contribution in [2.24, 2.45) is 0 Å². The van der Waals surface area contributed by atoms with Gasteiger partial charge in [0.05, 0.1) is 0 Å². The van der Waals surface area contributed by atoms with E-state index >= 15 is 0 Å². The molecular weight excluding hydrogens is 975 g/mol. The third-order valence-corrected chi connectivity index (χ3v) is 17.5. The van der Waals surface area contributed by atoms with E-state index in [4.69, 9.17) is 23.6 Å². The average Bonchev–Trinajstić information content (AvgIpc) is 3.22. The van der Waals surface area contributed by atoms with Gasteiger partial charge in [-0.15, -0.1) is 46.4 Å². The van der Waals surface area contributed by atoms with Gasteiger partial charge in [-0.3, -0.25) is 0 Å². The zero-order valence-electron chi connectivity index (χ0n) is 40.5. The van der Waals surface area contributed by atoms with Crippen LogP contribution in [0.3, 0.4) is 0 Å². The first-order valence-corrected chi connectivity index (χ1v) is 33.7. The van der Waals surface area contributed by atoms with Crippen LogP contribution in [0.25, 0.3) is 0 Å². The van der Waals surface area contributed by atoms with E-state index < -0.39 is 11.4 Å². The van der Waals surface area contributed by atoms with Crippen LogP contribution in [-0.4, -0.2) is 0 Å². The molecule has 0 radical (unpaired) electrons. The largest absolute Gasteiger partial charge is 4.00 e. The van der Waals surface area contributed by atoms with Crippen molar-refractivity contribution in [3.8, 4) is 0 Å². The van der Waals surface area contributed by atoms with Crippen molar-refractivity contribution >= 4 is 57.8 Å². The van der Waals surface area contributed by atoms with Crippen LogP contribution in [0.5, 0.6) is 0 Å². The molecule has 2 aromatic rings. The van der Waals surface area contributed by atoms with Crippen LogP contribution in [-0.2, 0) is 70.4 Å². The van der Waals surface area contributed by atoms with Crippen LogP contribution in [0.1, 0.15) is 255 Å². The molecule has 2 rings (SSSR count). The van der Waals surface area contributed by atoms with Crippen molar-refractivity contribution in [2.75, 3.05) is 0 Å². The molecule has 0 aromatic heterocycles. The first kappa shape index (κ1) is 64.0. The topological polar surface area (TPSA) is 92.2 Å². The summed E-state index contributed by atoms with van der Waals surface area (Å²) >= 11 is 11.2. The molecule has 0 amide bonds. The molecule has 0 spiro atoms. The molecule has 2 aromatic carbocycles. The zero-order valence-corrected chi connectivity index (χ0v) is 47.6. The molecule has 0 saturated carbocycles. The molecule has 0 saturated heterocycles. The second kappa shape index (κ2) is 43.0. The van der Waals surface area contributed by atoms with Crippen LogP contribution >= 0.6 is 34.2 Å². The van der Waals surface area contributed by atoms with E-state index in [1.807, 2.05) is 24.3 Å². The maximum Gasteiger partial charge on any atom is 4.00 e. The minimum atomic E-state index is -3.80. The molecule has 0 unspecified atom stereocenters. The quantitative estimate of drug-likeness (QED) is 0.0370. The van der Waals surface area contributed by atoms with Gasteiger partial charge in [-0.1, -0.05) is 232 Å². The van der Waals surface area contributed by atoms with Gasteiger partial charge < -0.3 is 19.6 Å². The third-order valence-electron chi connectivity index (χ3n) is 12.0. The summed E-state index contributed by atoms with van der Waals surface area (Å²) in [6, 6.07) is 12.3. The van der Waals surface area contributed by atoms with Gasteiger partial charge in [-0.2, -0.15) is 11.4 Å². The number of hydrogen-bond donors (Lipinski definition) is 0. The van der Waals surface area contributed by atoms with Crippen LogP contribution in [0.2, 0.25) is 0 Å². The molecule has 0 heterocycles. The van der Waals surface area contributed by atoms with Gasteiger partial charge in [0, 0.05) is 9.79 Å². The van der Waals surface area contributed by atoms with Gasteiger partial charge in [0.15, 0.2) is 0 Å². The summed E-state index contributed by atoms with van der Waals surface area (Å²) in [5, 5.41) is 0. The fraction of sp³-hybridized carbons (Fsp3) is 0.769. The number of rotatable bonds is 40. The Bertz CT molecular complexity index is 1350. The molecule has 4 nitrogen and oxygen atoms in total. The van der Waals surface area contributed by atoms with E-state index in [9.17, 15) is 19.6 Å².